The number of nitrogens with zero attached hydrogens (tertiary/aromatic N) is 3. The molecule has 9 heteroatoms. The first kappa shape index (κ1) is 21.4. The molecule has 0 radical (unpaired) electrons. The first-order valence-electron chi connectivity index (χ1n) is 7.61. The van der Waals surface area contributed by atoms with Gasteiger partial charge in [-0.25, -0.2) is 4.98 Å². The minimum absolute atomic E-state index is 0. The Labute approximate surface area is 163 Å². The average Bonchev–Trinajstić information content (AvgIpc) is 3.04. The first-order valence-corrected chi connectivity index (χ1v) is 9.25. The van der Waals surface area contributed by atoms with Gasteiger partial charge in [-0.1, -0.05) is 11.3 Å². The molecule has 2 atom stereocenters. The molecule has 0 saturated carbocycles. The number of nitrogens with two attached hydrogens (primary N) is 1. The number of piperidine rings is 1. The summed E-state index contributed by atoms with van der Waals surface area (Å²) in [6.45, 7) is 2.81. The van der Waals surface area contributed by atoms with E-state index in [-0.39, 0.29) is 42.8 Å². The number of anilines is 1. The van der Waals surface area contributed by atoms with Gasteiger partial charge in [0.25, 0.3) is 5.91 Å². The highest BCUT2D eigenvalue weighted by Gasteiger charge is 2.31. The highest BCUT2D eigenvalue weighted by atomic mass is 35.5. The SMILES string of the molecule is CC(N)C1CCCCN1C(=O)c1cc2sc(N(C)C)nc2s1.Cl.Cl. The maximum absolute atomic E-state index is 12.8. The van der Waals surface area contributed by atoms with E-state index < -0.39 is 0 Å². The quantitative estimate of drug-likeness (QED) is 0.838. The van der Waals surface area contributed by atoms with Crippen molar-refractivity contribution in [3.63, 3.8) is 0 Å². The van der Waals surface area contributed by atoms with E-state index in [0.29, 0.717) is 0 Å². The maximum Gasteiger partial charge on any atom is 0.264 e. The van der Waals surface area contributed by atoms with Crippen molar-refractivity contribution in [2.45, 2.75) is 38.3 Å². The van der Waals surface area contributed by atoms with Crippen LogP contribution in [0.15, 0.2) is 6.07 Å². The van der Waals surface area contributed by atoms with Crippen LogP contribution < -0.4 is 10.6 Å². The molecule has 1 saturated heterocycles. The number of carbonyl (C=O) groups is 1. The fourth-order valence-corrected chi connectivity index (χ4v) is 5.01. The summed E-state index contributed by atoms with van der Waals surface area (Å²) in [6.07, 6.45) is 3.23. The summed E-state index contributed by atoms with van der Waals surface area (Å²) in [5, 5.41) is 0.978. The summed E-state index contributed by atoms with van der Waals surface area (Å²) in [4.78, 5) is 23.1. The molecule has 1 fully saturated rings. The molecule has 3 rings (SSSR count). The van der Waals surface area contributed by atoms with Crippen molar-refractivity contribution in [3.05, 3.63) is 10.9 Å². The lowest BCUT2D eigenvalue weighted by atomic mass is 9.97. The summed E-state index contributed by atoms with van der Waals surface area (Å²) in [7, 11) is 3.96. The molecule has 0 bridgehead atoms. The molecule has 2 N–H and O–H groups in total. The fourth-order valence-electron chi connectivity index (χ4n) is 2.92. The molecule has 0 aliphatic carbocycles. The molecule has 3 heterocycles. The smallest absolute Gasteiger partial charge is 0.264 e. The number of hydrogen-bond acceptors (Lipinski definition) is 6. The van der Waals surface area contributed by atoms with E-state index >= 15 is 0 Å². The second kappa shape index (κ2) is 8.67. The van der Waals surface area contributed by atoms with Crippen molar-refractivity contribution in [2.75, 3.05) is 25.5 Å². The summed E-state index contributed by atoms with van der Waals surface area (Å²) in [5.41, 5.74) is 6.08. The topological polar surface area (TPSA) is 62.5 Å². The van der Waals surface area contributed by atoms with Crippen molar-refractivity contribution < 1.29 is 4.79 Å². The van der Waals surface area contributed by atoms with Crippen LogP contribution in [0.5, 0.6) is 0 Å². The third-order valence-electron chi connectivity index (χ3n) is 4.09. The van der Waals surface area contributed by atoms with Gasteiger partial charge in [0.2, 0.25) is 0 Å². The molecule has 2 unspecified atom stereocenters. The van der Waals surface area contributed by atoms with Gasteiger partial charge in [-0.15, -0.1) is 36.2 Å². The Bertz CT molecular complexity index is 655. The molecule has 1 aliphatic heterocycles. The second-order valence-electron chi connectivity index (χ2n) is 6.09. The van der Waals surface area contributed by atoms with Crippen molar-refractivity contribution in [2.24, 2.45) is 5.73 Å². The van der Waals surface area contributed by atoms with Gasteiger partial charge >= 0.3 is 0 Å². The number of fused-ring (bicyclic) bond motifs is 1. The van der Waals surface area contributed by atoms with E-state index in [1.807, 2.05) is 36.9 Å². The summed E-state index contributed by atoms with van der Waals surface area (Å²) >= 11 is 3.12. The first-order chi connectivity index (χ1) is 10.5. The summed E-state index contributed by atoms with van der Waals surface area (Å²) < 4.78 is 1.09. The number of aromatic nitrogens is 1. The fraction of sp³-hybridized carbons (Fsp3) is 0.600. The van der Waals surface area contributed by atoms with Gasteiger partial charge in [-0.3, -0.25) is 4.79 Å². The molecule has 24 heavy (non-hydrogen) atoms. The van der Waals surface area contributed by atoms with Gasteiger partial charge in [0.05, 0.1) is 9.58 Å². The third kappa shape index (κ3) is 4.14. The number of amides is 1. The number of hydrogen-bond donors (Lipinski definition) is 1. The van der Waals surface area contributed by atoms with E-state index in [1.54, 1.807) is 11.3 Å². The molecule has 2 aromatic rings. The van der Waals surface area contributed by atoms with Crippen molar-refractivity contribution in [3.8, 4) is 0 Å². The van der Waals surface area contributed by atoms with Crippen LogP contribution in [0.25, 0.3) is 9.53 Å². The van der Waals surface area contributed by atoms with E-state index in [9.17, 15) is 4.79 Å². The molecule has 2 aromatic heterocycles. The molecular formula is C15H24Cl2N4OS2. The van der Waals surface area contributed by atoms with Gasteiger partial charge in [-0.05, 0) is 32.3 Å². The predicted octanol–water partition coefficient (Wildman–Crippen LogP) is 3.61. The van der Waals surface area contributed by atoms with E-state index in [1.165, 1.54) is 11.3 Å². The number of halogens is 2. The zero-order chi connectivity index (χ0) is 15.9. The number of thiophene rings is 1. The van der Waals surface area contributed by atoms with Crippen molar-refractivity contribution >= 4 is 68.1 Å². The van der Waals surface area contributed by atoms with Gasteiger partial charge in [-0.2, -0.15) is 0 Å². The minimum Gasteiger partial charge on any atom is -0.354 e. The molecule has 136 valence electrons. The van der Waals surface area contributed by atoms with Gasteiger partial charge in [0.1, 0.15) is 4.83 Å². The number of likely N-dealkylation sites (tertiary alicyclic amines) is 1. The average molecular weight is 411 g/mol. The Morgan fingerprint density at radius 2 is 2.08 bits per heavy atom. The monoisotopic (exact) mass is 410 g/mol. The van der Waals surface area contributed by atoms with Crippen LogP contribution in [0.1, 0.15) is 35.9 Å². The second-order valence-corrected chi connectivity index (χ2v) is 8.13. The largest absolute Gasteiger partial charge is 0.354 e. The highest BCUT2D eigenvalue weighted by molar-refractivity contribution is 7.29. The normalized spacial score (nSPS) is 18.7. The van der Waals surface area contributed by atoms with Crippen LogP contribution in [-0.2, 0) is 0 Å². The van der Waals surface area contributed by atoms with Crippen LogP contribution in [0.3, 0.4) is 0 Å². The van der Waals surface area contributed by atoms with Gasteiger partial charge in [0, 0.05) is 32.7 Å². The van der Waals surface area contributed by atoms with Crippen molar-refractivity contribution in [1.82, 2.24) is 9.88 Å². The Hall–Kier alpha value is -0.600. The third-order valence-corrected chi connectivity index (χ3v) is 6.40. The molecular weight excluding hydrogens is 387 g/mol. The Morgan fingerprint density at radius 1 is 1.38 bits per heavy atom. The number of thiazole rings is 1. The number of carbonyl (C=O) groups excluding carboxylic acids is 1. The zero-order valence-corrected chi connectivity index (χ0v) is 17.3. The molecule has 0 spiro atoms. The maximum atomic E-state index is 12.8. The van der Waals surface area contributed by atoms with Crippen LogP contribution >= 0.6 is 47.5 Å². The van der Waals surface area contributed by atoms with Gasteiger partial charge < -0.3 is 15.5 Å². The van der Waals surface area contributed by atoms with Crippen molar-refractivity contribution in [1.29, 1.82) is 0 Å². The molecule has 1 amide bonds. The standard InChI is InChI=1S/C15H22N4OS2.2ClH/c1-9(16)10-6-4-5-7-19(10)14(20)12-8-11-13(21-12)17-15(22-11)18(2)3;;/h8-10H,4-7,16H2,1-3H3;2*1H. The number of rotatable bonds is 3. The Kier molecular flexibility index (Phi) is 7.75. The van der Waals surface area contributed by atoms with E-state index in [0.717, 1.165) is 45.3 Å². The van der Waals surface area contributed by atoms with Crippen LogP contribution in [0.4, 0.5) is 5.13 Å². The van der Waals surface area contributed by atoms with E-state index in [4.69, 9.17) is 5.73 Å². The van der Waals surface area contributed by atoms with Crippen LogP contribution in [-0.4, -0.2) is 48.5 Å². The zero-order valence-electron chi connectivity index (χ0n) is 14.0. The van der Waals surface area contributed by atoms with E-state index in [2.05, 4.69) is 4.98 Å². The lowest BCUT2D eigenvalue weighted by molar-refractivity contribution is 0.0589. The Morgan fingerprint density at radius 3 is 2.67 bits per heavy atom. The van der Waals surface area contributed by atoms with Gasteiger partial charge in [0.15, 0.2) is 5.13 Å². The lowest BCUT2D eigenvalue weighted by Gasteiger charge is -2.37. The predicted molar refractivity (Wildman–Crippen MR) is 109 cm³/mol. The molecule has 5 nitrogen and oxygen atoms in total. The lowest BCUT2D eigenvalue weighted by Crippen LogP contribution is -2.51. The van der Waals surface area contributed by atoms with Crippen LogP contribution in [0, 0.1) is 0 Å². The molecule has 0 aromatic carbocycles. The summed E-state index contributed by atoms with van der Waals surface area (Å²) in [5.74, 6) is 0.114. The Balaban J connectivity index is 0.00000144. The minimum atomic E-state index is 0. The molecule has 1 aliphatic rings. The van der Waals surface area contributed by atoms with Crippen LogP contribution in [0.2, 0.25) is 0 Å². The highest BCUT2D eigenvalue weighted by Crippen LogP contribution is 2.35. The summed E-state index contributed by atoms with van der Waals surface area (Å²) in [6, 6.07) is 2.16.